The summed E-state index contributed by atoms with van der Waals surface area (Å²) in [4.78, 5) is 0. The van der Waals surface area contributed by atoms with E-state index in [1.165, 1.54) is 6.07 Å². The van der Waals surface area contributed by atoms with Gasteiger partial charge in [-0.1, -0.05) is 59.0 Å². The standard InChI is InChI=1S/C25H21FN6/c1-16-7-12-21(13-22(16)26)31-23(14-27-29-31)19-8-10-20(11-9-19)24-15-28-30-32(24)25-17(2)5-4-6-18(25)3/h4-15H,1-3H3. The van der Waals surface area contributed by atoms with Crippen LogP contribution in [0.1, 0.15) is 16.7 Å². The largest absolute Gasteiger partial charge is 0.213 e. The molecule has 2 heterocycles. The minimum absolute atomic E-state index is 0.272. The van der Waals surface area contributed by atoms with Gasteiger partial charge in [-0.3, -0.25) is 0 Å². The molecule has 7 heteroatoms. The van der Waals surface area contributed by atoms with Crippen molar-refractivity contribution in [1.29, 1.82) is 0 Å². The van der Waals surface area contributed by atoms with E-state index in [4.69, 9.17) is 0 Å². The topological polar surface area (TPSA) is 61.4 Å². The molecule has 0 saturated carbocycles. The van der Waals surface area contributed by atoms with Crippen LogP contribution in [0.4, 0.5) is 4.39 Å². The third kappa shape index (κ3) is 3.37. The Hall–Kier alpha value is -4.13. The molecule has 0 aliphatic rings. The highest BCUT2D eigenvalue weighted by atomic mass is 19.1. The quantitative estimate of drug-likeness (QED) is 0.396. The molecule has 0 aliphatic heterocycles. The van der Waals surface area contributed by atoms with Crippen LogP contribution in [0.2, 0.25) is 0 Å². The summed E-state index contributed by atoms with van der Waals surface area (Å²) in [5, 5.41) is 16.7. The van der Waals surface area contributed by atoms with Gasteiger partial charge >= 0.3 is 0 Å². The van der Waals surface area contributed by atoms with Crippen molar-refractivity contribution in [2.75, 3.05) is 0 Å². The fraction of sp³-hybridized carbons (Fsp3) is 0.120. The molecule has 0 aliphatic carbocycles. The van der Waals surface area contributed by atoms with E-state index < -0.39 is 0 Å². The van der Waals surface area contributed by atoms with Crippen LogP contribution in [-0.4, -0.2) is 30.0 Å². The number of aryl methyl sites for hydroxylation is 3. The fourth-order valence-corrected chi connectivity index (χ4v) is 3.88. The summed E-state index contributed by atoms with van der Waals surface area (Å²) in [5.74, 6) is -0.272. The molecule has 0 atom stereocenters. The van der Waals surface area contributed by atoms with Crippen LogP contribution >= 0.6 is 0 Å². The number of hydrogen-bond donors (Lipinski definition) is 0. The average molecular weight is 424 g/mol. The van der Waals surface area contributed by atoms with Gasteiger partial charge in [-0.25, -0.2) is 13.8 Å². The lowest BCUT2D eigenvalue weighted by Gasteiger charge is -2.12. The molecule has 0 radical (unpaired) electrons. The number of rotatable bonds is 4. The molecule has 0 unspecified atom stereocenters. The zero-order chi connectivity index (χ0) is 22.2. The molecule has 6 nitrogen and oxygen atoms in total. The van der Waals surface area contributed by atoms with E-state index in [1.54, 1.807) is 30.1 Å². The molecule has 0 fully saturated rings. The van der Waals surface area contributed by atoms with Crippen molar-refractivity contribution in [1.82, 2.24) is 30.0 Å². The van der Waals surface area contributed by atoms with Crippen molar-refractivity contribution in [3.05, 3.63) is 95.6 Å². The summed E-state index contributed by atoms with van der Waals surface area (Å²) in [6.45, 7) is 5.87. The number of benzene rings is 3. The van der Waals surface area contributed by atoms with E-state index in [0.717, 1.165) is 39.3 Å². The van der Waals surface area contributed by atoms with Crippen molar-refractivity contribution in [2.45, 2.75) is 20.8 Å². The first kappa shape index (κ1) is 19.8. The van der Waals surface area contributed by atoms with E-state index in [0.29, 0.717) is 11.3 Å². The highest BCUT2D eigenvalue weighted by molar-refractivity contribution is 5.69. The smallest absolute Gasteiger partial charge is 0.128 e. The third-order valence-electron chi connectivity index (χ3n) is 5.63. The molecule has 5 aromatic rings. The molecule has 2 aromatic heterocycles. The molecule has 0 amide bonds. The number of aromatic nitrogens is 6. The molecular formula is C25H21FN6. The summed E-state index contributed by atoms with van der Waals surface area (Å²) < 4.78 is 17.6. The predicted molar refractivity (Wildman–Crippen MR) is 121 cm³/mol. The Bertz CT molecular complexity index is 1390. The van der Waals surface area contributed by atoms with Crippen molar-refractivity contribution >= 4 is 0 Å². The van der Waals surface area contributed by atoms with Crippen LogP contribution in [0.15, 0.2) is 73.1 Å². The zero-order valence-corrected chi connectivity index (χ0v) is 18.0. The monoisotopic (exact) mass is 424 g/mol. The summed E-state index contributed by atoms with van der Waals surface area (Å²) in [5.41, 5.74) is 8.11. The molecule has 32 heavy (non-hydrogen) atoms. The maximum Gasteiger partial charge on any atom is 0.128 e. The minimum Gasteiger partial charge on any atom is -0.213 e. The summed E-state index contributed by atoms with van der Waals surface area (Å²) in [6.07, 6.45) is 3.44. The Kier molecular flexibility index (Phi) is 4.86. The van der Waals surface area contributed by atoms with E-state index in [2.05, 4.69) is 46.6 Å². The van der Waals surface area contributed by atoms with Gasteiger partial charge in [0.1, 0.15) is 5.82 Å². The number of halogens is 1. The Balaban J connectivity index is 1.52. The molecule has 0 N–H and O–H groups in total. The van der Waals surface area contributed by atoms with Gasteiger partial charge in [-0.15, -0.1) is 10.2 Å². The van der Waals surface area contributed by atoms with Gasteiger partial charge in [0.25, 0.3) is 0 Å². The second kappa shape index (κ2) is 7.85. The first-order valence-electron chi connectivity index (χ1n) is 10.3. The van der Waals surface area contributed by atoms with Gasteiger partial charge in [0.15, 0.2) is 0 Å². The van der Waals surface area contributed by atoms with E-state index in [1.807, 2.05) is 41.1 Å². The second-order valence-electron chi connectivity index (χ2n) is 7.81. The molecule has 3 aromatic carbocycles. The van der Waals surface area contributed by atoms with Crippen molar-refractivity contribution < 1.29 is 4.39 Å². The summed E-state index contributed by atoms with van der Waals surface area (Å²) in [6, 6.07) is 19.2. The van der Waals surface area contributed by atoms with Crippen LogP contribution in [0.3, 0.4) is 0 Å². The summed E-state index contributed by atoms with van der Waals surface area (Å²) >= 11 is 0. The molecule has 0 bridgehead atoms. The minimum atomic E-state index is -0.272. The Morgan fingerprint density at radius 2 is 1.22 bits per heavy atom. The lowest BCUT2D eigenvalue weighted by atomic mass is 10.1. The number of hydrogen-bond acceptors (Lipinski definition) is 4. The van der Waals surface area contributed by atoms with E-state index in [-0.39, 0.29) is 5.82 Å². The Morgan fingerprint density at radius 3 is 1.81 bits per heavy atom. The lowest BCUT2D eigenvalue weighted by Crippen LogP contribution is -2.04. The summed E-state index contributed by atoms with van der Waals surface area (Å²) in [7, 11) is 0. The number of nitrogens with zero attached hydrogens (tertiary/aromatic N) is 6. The van der Waals surface area contributed by atoms with Crippen molar-refractivity contribution in [2.24, 2.45) is 0 Å². The first-order valence-corrected chi connectivity index (χ1v) is 10.3. The molecular weight excluding hydrogens is 403 g/mol. The molecule has 158 valence electrons. The lowest BCUT2D eigenvalue weighted by molar-refractivity contribution is 0.615. The van der Waals surface area contributed by atoms with Crippen LogP contribution in [0.5, 0.6) is 0 Å². The van der Waals surface area contributed by atoms with Gasteiger partial charge in [0.2, 0.25) is 0 Å². The van der Waals surface area contributed by atoms with Crippen LogP contribution < -0.4 is 0 Å². The maximum absolute atomic E-state index is 14.1. The molecule has 5 rings (SSSR count). The SMILES string of the molecule is Cc1ccc(-n2nncc2-c2ccc(-c3cnnn3-c3c(C)cccc3C)cc2)cc1F. The van der Waals surface area contributed by atoms with Crippen molar-refractivity contribution in [3.8, 4) is 33.9 Å². The zero-order valence-electron chi connectivity index (χ0n) is 18.0. The predicted octanol–water partition coefficient (Wildman–Crippen LogP) is 5.25. The van der Waals surface area contributed by atoms with E-state index >= 15 is 0 Å². The molecule has 0 saturated heterocycles. The van der Waals surface area contributed by atoms with Crippen LogP contribution in [0, 0.1) is 26.6 Å². The molecule has 0 spiro atoms. The van der Waals surface area contributed by atoms with Crippen molar-refractivity contribution in [3.63, 3.8) is 0 Å². The van der Waals surface area contributed by atoms with Gasteiger partial charge < -0.3 is 0 Å². The third-order valence-corrected chi connectivity index (χ3v) is 5.63. The maximum atomic E-state index is 14.1. The van der Waals surface area contributed by atoms with Gasteiger partial charge in [-0.05, 0) is 49.6 Å². The fourth-order valence-electron chi connectivity index (χ4n) is 3.88. The van der Waals surface area contributed by atoms with Gasteiger partial charge in [0.05, 0.1) is 35.2 Å². The van der Waals surface area contributed by atoms with Gasteiger partial charge in [0, 0.05) is 11.1 Å². The highest BCUT2D eigenvalue weighted by Crippen LogP contribution is 2.28. The first-order chi connectivity index (χ1) is 15.5. The highest BCUT2D eigenvalue weighted by Gasteiger charge is 2.14. The number of para-hydroxylation sites is 1. The Morgan fingerprint density at radius 1 is 0.656 bits per heavy atom. The van der Waals surface area contributed by atoms with Gasteiger partial charge in [-0.2, -0.15) is 0 Å². The normalized spacial score (nSPS) is 11.1. The average Bonchev–Trinajstić information content (AvgIpc) is 3.46. The van der Waals surface area contributed by atoms with Crippen LogP contribution in [0.25, 0.3) is 33.9 Å². The Labute approximate surface area is 185 Å². The van der Waals surface area contributed by atoms with E-state index in [9.17, 15) is 4.39 Å². The second-order valence-corrected chi connectivity index (χ2v) is 7.81. The van der Waals surface area contributed by atoms with Crippen LogP contribution in [-0.2, 0) is 0 Å².